The molecule has 1 aliphatic carbocycles. The van der Waals surface area contributed by atoms with E-state index in [1.165, 1.54) is 48.5 Å². The van der Waals surface area contributed by atoms with Crippen molar-refractivity contribution in [2.75, 3.05) is 10.6 Å². The Balaban J connectivity index is 0.00000500. The van der Waals surface area contributed by atoms with Crippen molar-refractivity contribution in [3.63, 3.8) is 0 Å². The molecule has 4 aromatic carbocycles. The topological polar surface area (TPSA) is 167 Å². The zero-order chi connectivity index (χ0) is 33.2. The van der Waals surface area contributed by atoms with Gasteiger partial charge in [-0.1, -0.05) is 63.1 Å². The van der Waals surface area contributed by atoms with Crippen LogP contribution in [0.25, 0.3) is 0 Å². The maximum Gasteiger partial charge on any atom is 0.296 e. The Morgan fingerprint density at radius 1 is 0.574 bits per heavy atom. The zero-order valence-corrected chi connectivity index (χ0v) is 30.0. The van der Waals surface area contributed by atoms with Crippen LogP contribution >= 0.6 is 0 Å². The van der Waals surface area contributed by atoms with Gasteiger partial charge in [0.05, 0.1) is 33.9 Å². The summed E-state index contributed by atoms with van der Waals surface area (Å²) in [5.41, 5.74) is 1.76. The standard InChI is InChI=1S/C34H34N2O8S2.Na/c1-3-5-9-21-13-15-25(29(19-21)45(39,40)41)35-27-17-18-28(32-31(27)33(37)23-11-7-8-12-24(23)34(32)38)36-26-16-14-22(10-6-4-2)20-30(26)46(42,43)44;/h7-8,11-20,35-36H,3-6,9-10H2,1-2H3,(H,39,40,41)(H,42,43,44);. The second-order valence-corrected chi connectivity index (χ2v) is 14.0. The van der Waals surface area contributed by atoms with Crippen LogP contribution in [0.5, 0.6) is 0 Å². The van der Waals surface area contributed by atoms with Crippen LogP contribution in [0.2, 0.25) is 0 Å². The average Bonchev–Trinajstić information content (AvgIpc) is 3.02. The van der Waals surface area contributed by atoms with Crippen molar-refractivity contribution in [1.29, 1.82) is 0 Å². The number of unbranched alkanes of at least 4 members (excludes halogenated alkanes) is 2. The van der Waals surface area contributed by atoms with Gasteiger partial charge < -0.3 is 10.6 Å². The van der Waals surface area contributed by atoms with Gasteiger partial charge in [0, 0.05) is 40.7 Å². The predicted octanol–water partition coefficient (Wildman–Crippen LogP) is 6.75. The summed E-state index contributed by atoms with van der Waals surface area (Å²) < 4.78 is 69.7. The van der Waals surface area contributed by atoms with Crippen LogP contribution < -0.4 is 10.6 Å². The molecule has 0 amide bonds. The molecule has 13 heteroatoms. The third-order valence-electron chi connectivity index (χ3n) is 7.90. The fourth-order valence-corrected chi connectivity index (χ4v) is 6.96. The van der Waals surface area contributed by atoms with E-state index in [1.807, 2.05) is 13.8 Å². The fraction of sp³-hybridized carbons (Fsp3) is 0.235. The molecule has 10 nitrogen and oxygen atoms in total. The molecule has 0 spiro atoms. The molecule has 0 unspecified atom stereocenters. The van der Waals surface area contributed by atoms with Gasteiger partial charge in [0.1, 0.15) is 9.79 Å². The number of rotatable bonds is 12. The Morgan fingerprint density at radius 2 is 0.936 bits per heavy atom. The molecule has 241 valence electrons. The normalized spacial score (nSPS) is 12.6. The molecule has 4 N–H and O–H groups in total. The van der Waals surface area contributed by atoms with E-state index in [4.69, 9.17) is 0 Å². The van der Waals surface area contributed by atoms with E-state index < -0.39 is 31.8 Å². The van der Waals surface area contributed by atoms with Gasteiger partial charge in [-0.05, 0) is 73.2 Å². The van der Waals surface area contributed by atoms with Crippen LogP contribution in [0.3, 0.4) is 0 Å². The van der Waals surface area contributed by atoms with Crippen molar-refractivity contribution in [3.05, 3.63) is 106 Å². The SMILES string of the molecule is CCCCc1ccc(Nc2ccc(Nc3ccc(CCCC)cc3S(=O)(=O)O)c3c2C(=O)c2ccccc2C3=O)c(S(=O)(=O)O)c1.[Na]. The van der Waals surface area contributed by atoms with Crippen molar-refractivity contribution in [1.82, 2.24) is 0 Å². The number of hydrogen-bond donors (Lipinski definition) is 4. The zero-order valence-electron chi connectivity index (χ0n) is 26.3. The summed E-state index contributed by atoms with van der Waals surface area (Å²) in [5.74, 6) is -1.04. The first-order valence-electron chi connectivity index (χ1n) is 14.9. The average molecular weight is 686 g/mol. The van der Waals surface area contributed by atoms with E-state index >= 15 is 0 Å². The molecule has 1 radical (unpaired) electrons. The smallest absolute Gasteiger partial charge is 0.296 e. The van der Waals surface area contributed by atoms with E-state index in [2.05, 4.69) is 10.6 Å². The Hall–Kier alpha value is -3.36. The van der Waals surface area contributed by atoms with Gasteiger partial charge in [0.2, 0.25) is 0 Å². The summed E-state index contributed by atoms with van der Waals surface area (Å²) in [4.78, 5) is 27.2. The van der Waals surface area contributed by atoms with Crippen molar-refractivity contribution < 1.29 is 35.5 Å². The van der Waals surface area contributed by atoms with Crippen molar-refractivity contribution in [3.8, 4) is 0 Å². The largest absolute Gasteiger partial charge is 0.354 e. The van der Waals surface area contributed by atoms with Crippen LogP contribution in [-0.4, -0.2) is 67.1 Å². The molecule has 0 heterocycles. The van der Waals surface area contributed by atoms with E-state index in [-0.39, 0.29) is 84.4 Å². The molecule has 0 aliphatic heterocycles. The number of ketones is 2. The first-order chi connectivity index (χ1) is 21.8. The summed E-state index contributed by atoms with van der Waals surface area (Å²) in [5, 5.41) is 5.90. The summed E-state index contributed by atoms with van der Waals surface area (Å²) in [6.45, 7) is 4.01. The minimum Gasteiger partial charge on any atom is -0.354 e. The number of nitrogens with one attached hydrogen (secondary N) is 2. The summed E-state index contributed by atoms with van der Waals surface area (Å²) in [6, 6.07) is 18.4. The van der Waals surface area contributed by atoms with E-state index in [1.54, 1.807) is 24.3 Å². The molecule has 0 saturated carbocycles. The molecular weight excluding hydrogens is 652 g/mol. The summed E-state index contributed by atoms with van der Waals surface area (Å²) in [7, 11) is -9.36. The Labute approximate surface area is 296 Å². The molecular formula is C34H34N2NaO8S2. The second kappa shape index (κ2) is 14.8. The third-order valence-corrected chi connectivity index (χ3v) is 9.69. The molecule has 47 heavy (non-hydrogen) atoms. The van der Waals surface area contributed by atoms with Gasteiger partial charge in [-0.2, -0.15) is 16.8 Å². The minimum atomic E-state index is -4.68. The second-order valence-electron chi connectivity index (χ2n) is 11.2. The maximum absolute atomic E-state index is 14.0. The van der Waals surface area contributed by atoms with Crippen LogP contribution in [0.15, 0.2) is 82.6 Å². The fourth-order valence-electron chi connectivity index (χ4n) is 5.56. The van der Waals surface area contributed by atoms with Gasteiger partial charge in [-0.3, -0.25) is 18.7 Å². The number of anilines is 4. The van der Waals surface area contributed by atoms with Gasteiger partial charge in [0.15, 0.2) is 11.6 Å². The number of benzene rings is 4. The van der Waals surface area contributed by atoms with Crippen molar-refractivity contribution >= 4 is 84.1 Å². The quantitative estimate of drug-likeness (QED) is 0.0815. The maximum atomic E-state index is 14.0. The van der Waals surface area contributed by atoms with E-state index in [9.17, 15) is 35.5 Å². The molecule has 0 saturated heterocycles. The number of aryl methyl sites for hydroxylation is 2. The van der Waals surface area contributed by atoms with E-state index in [0.29, 0.717) is 24.0 Å². The van der Waals surface area contributed by atoms with Crippen LogP contribution in [-0.2, 0) is 33.1 Å². The first-order valence-corrected chi connectivity index (χ1v) is 17.8. The Morgan fingerprint density at radius 3 is 1.28 bits per heavy atom. The van der Waals surface area contributed by atoms with Crippen LogP contribution in [0, 0.1) is 0 Å². The summed E-state index contributed by atoms with van der Waals surface area (Å²) >= 11 is 0. The van der Waals surface area contributed by atoms with Gasteiger partial charge in [0.25, 0.3) is 20.2 Å². The number of carbonyl (C=O) groups is 2. The molecule has 4 aromatic rings. The molecule has 0 fully saturated rings. The van der Waals surface area contributed by atoms with Crippen LogP contribution in [0.4, 0.5) is 22.7 Å². The van der Waals surface area contributed by atoms with Gasteiger partial charge >= 0.3 is 0 Å². The molecule has 0 atom stereocenters. The van der Waals surface area contributed by atoms with Crippen molar-refractivity contribution in [2.45, 2.75) is 62.2 Å². The minimum absolute atomic E-state index is 0. The third kappa shape index (κ3) is 7.86. The Kier molecular flexibility index (Phi) is 11.5. The monoisotopic (exact) mass is 685 g/mol. The van der Waals surface area contributed by atoms with Crippen molar-refractivity contribution in [2.24, 2.45) is 0 Å². The number of fused-ring (bicyclic) bond motifs is 2. The molecule has 0 bridgehead atoms. The predicted molar refractivity (Wildman–Crippen MR) is 182 cm³/mol. The summed E-state index contributed by atoms with van der Waals surface area (Å²) in [6.07, 6.45) is 4.61. The first kappa shape index (κ1) is 36.5. The number of hydrogen-bond acceptors (Lipinski definition) is 8. The van der Waals surface area contributed by atoms with Gasteiger partial charge in [-0.25, -0.2) is 0 Å². The van der Waals surface area contributed by atoms with E-state index in [0.717, 1.165) is 25.7 Å². The van der Waals surface area contributed by atoms with Crippen LogP contribution in [0.1, 0.15) is 82.5 Å². The molecule has 0 aromatic heterocycles. The molecule has 1 aliphatic rings. The molecule has 5 rings (SSSR count). The van der Waals surface area contributed by atoms with Gasteiger partial charge in [-0.15, -0.1) is 0 Å². The Bertz CT molecular complexity index is 1930. The number of carbonyl (C=O) groups excluding carboxylic acids is 2.